The maximum Gasteiger partial charge on any atom is 0.394 e. The van der Waals surface area contributed by atoms with Crippen LogP contribution in [0.1, 0.15) is 36.0 Å². The molecule has 0 saturated heterocycles. The summed E-state index contributed by atoms with van der Waals surface area (Å²) in [6.45, 7) is 0. The highest BCUT2D eigenvalue weighted by Crippen LogP contribution is 2.60. The molecule has 0 radical (unpaired) electrons. The Morgan fingerprint density at radius 1 is 1.35 bits per heavy atom. The van der Waals surface area contributed by atoms with E-state index >= 15 is 0 Å². The Labute approximate surface area is 129 Å². The van der Waals surface area contributed by atoms with Crippen molar-refractivity contribution in [3.8, 4) is 0 Å². The molecule has 0 unspecified atom stereocenters. The number of nitrogens with zero attached hydrogens (tertiary/aromatic N) is 2. The quantitative estimate of drug-likeness (QED) is 0.343. The van der Waals surface area contributed by atoms with Gasteiger partial charge in [-0.15, -0.1) is 0 Å². The van der Waals surface area contributed by atoms with Crippen LogP contribution < -0.4 is 0 Å². The number of nitro benzene ring substituents is 1. The predicted octanol–water partition coefficient (Wildman–Crippen LogP) is 3.86. The van der Waals surface area contributed by atoms with Gasteiger partial charge in [0.25, 0.3) is 5.69 Å². The molecule has 23 heavy (non-hydrogen) atoms. The van der Waals surface area contributed by atoms with E-state index in [0.29, 0.717) is 0 Å². The van der Waals surface area contributed by atoms with Gasteiger partial charge >= 0.3 is 12.1 Å². The van der Waals surface area contributed by atoms with E-state index in [2.05, 4.69) is 9.99 Å². The number of hydrogen-bond donors (Lipinski definition) is 0. The first-order chi connectivity index (χ1) is 10.8. The fourth-order valence-electron chi connectivity index (χ4n) is 2.08. The molecular formula is C14H13F3N2O4. The summed E-state index contributed by atoms with van der Waals surface area (Å²) in [6, 6.07) is 4.69. The van der Waals surface area contributed by atoms with Crippen LogP contribution in [0.2, 0.25) is 0 Å². The van der Waals surface area contributed by atoms with E-state index < -0.39 is 22.5 Å². The van der Waals surface area contributed by atoms with Gasteiger partial charge in [-0.05, 0) is 37.8 Å². The third kappa shape index (κ3) is 4.05. The van der Waals surface area contributed by atoms with E-state index in [1.165, 1.54) is 12.1 Å². The van der Waals surface area contributed by atoms with Gasteiger partial charge < -0.3 is 4.84 Å². The van der Waals surface area contributed by atoms with Gasteiger partial charge in [-0.25, -0.2) is 4.79 Å². The van der Waals surface area contributed by atoms with Crippen molar-refractivity contribution in [1.29, 1.82) is 0 Å². The molecule has 2 rings (SSSR count). The van der Waals surface area contributed by atoms with Gasteiger partial charge in [-0.3, -0.25) is 10.1 Å². The van der Waals surface area contributed by atoms with Crippen LogP contribution in [0.3, 0.4) is 0 Å². The van der Waals surface area contributed by atoms with E-state index in [4.69, 9.17) is 0 Å². The molecule has 0 N–H and O–H groups in total. The summed E-state index contributed by atoms with van der Waals surface area (Å²) < 4.78 is 38.0. The fourth-order valence-corrected chi connectivity index (χ4v) is 2.08. The number of non-ortho nitro benzene ring substituents is 1. The third-order valence-electron chi connectivity index (χ3n) is 3.73. The fraction of sp³-hybridized carbons (Fsp3) is 0.429. The minimum Gasteiger partial charge on any atom is -0.313 e. The molecule has 1 aliphatic rings. The molecule has 6 nitrogen and oxygen atoms in total. The molecule has 1 aromatic carbocycles. The van der Waals surface area contributed by atoms with Gasteiger partial charge in [-0.1, -0.05) is 5.16 Å². The van der Waals surface area contributed by atoms with Gasteiger partial charge in [0.2, 0.25) is 0 Å². The molecule has 0 aromatic heterocycles. The average Bonchev–Trinajstić information content (AvgIpc) is 3.27. The summed E-state index contributed by atoms with van der Waals surface area (Å²) in [4.78, 5) is 26.0. The van der Waals surface area contributed by atoms with E-state index in [9.17, 15) is 28.1 Å². The Balaban J connectivity index is 1.79. The molecule has 9 heteroatoms. The molecular weight excluding hydrogens is 317 g/mol. The summed E-state index contributed by atoms with van der Waals surface area (Å²) in [6.07, 6.45) is -2.90. The van der Waals surface area contributed by atoms with Crippen LogP contribution >= 0.6 is 0 Å². The second kappa shape index (κ2) is 6.35. The van der Waals surface area contributed by atoms with Crippen LogP contribution in [-0.4, -0.2) is 23.3 Å². The largest absolute Gasteiger partial charge is 0.394 e. The van der Waals surface area contributed by atoms with Crippen molar-refractivity contribution in [2.24, 2.45) is 10.6 Å². The normalized spacial score (nSPS) is 16.3. The highest BCUT2D eigenvalue weighted by atomic mass is 19.4. The summed E-state index contributed by atoms with van der Waals surface area (Å²) in [5.41, 5.74) is -1.73. The molecule has 124 valence electrons. The number of oxime groups is 1. The van der Waals surface area contributed by atoms with E-state index in [1.807, 2.05) is 0 Å². The lowest BCUT2D eigenvalue weighted by Crippen LogP contribution is -2.24. The van der Waals surface area contributed by atoms with E-state index in [1.54, 1.807) is 0 Å². The topological polar surface area (TPSA) is 81.8 Å². The van der Waals surface area contributed by atoms with Crippen LogP contribution in [0.25, 0.3) is 0 Å². The maximum absolute atomic E-state index is 12.7. The Kier molecular flexibility index (Phi) is 4.67. The zero-order valence-corrected chi connectivity index (χ0v) is 11.9. The van der Waals surface area contributed by atoms with Crippen molar-refractivity contribution >= 4 is 17.9 Å². The van der Waals surface area contributed by atoms with Crippen LogP contribution in [0, 0.1) is 15.5 Å². The molecule has 0 amide bonds. The lowest BCUT2D eigenvalue weighted by atomic mass is 10.0. The van der Waals surface area contributed by atoms with Gasteiger partial charge in [0.05, 0.1) is 15.9 Å². The minimum absolute atomic E-state index is 0.0487. The summed E-state index contributed by atoms with van der Waals surface area (Å²) in [5, 5.41) is 13.8. The standard InChI is InChI=1S/C14H13F3N2O4/c15-14(16,17)13(7-8-13)6-1-9-18-23-12(20)10-2-4-11(5-3-10)19(21)22/h2-5,9H,1,6-8H2/b18-9+. The molecule has 1 aliphatic carbocycles. The predicted molar refractivity (Wildman–Crippen MR) is 74.0 cm³/mol. The highest BCUT2D eigenvalue weighted by molar-refractivity contribution is 5.89. The zero-order chi connectivity index (χ0) is 17.1. The lowest BCUT2D eigenvalue weighted by Gasteiger charge is -2.17. The molecule has 1 fully saturated rings. The minimum atomic E-state index is -4.21. The van der Waals surface area contributed by atoms with Gasteiger partial charge in [0, 0.05) is 18.3 Å². The number of hydrogen-bond acceptors (Lipinski definition) is 5. The van der Waals surface area contributed by atoms with Gasteiger partial charge in [0.15, 0.2) is 0 Å². The van der Waals surface area contributed by atoms with Crippen LogP contribution in [0.15, 0.2) is 29.4 Å². The highest BCUT2D eigenvalue weighted by Gasteiger charge is 2.62. The van der Waals surface area contributed by atoms with Crippen molar-refractivity contribution in [2.75, 3.05) is 0 Å². The Hall–Kier alpha value is -2.45. The number of carbonyl (C=O) groups excluding carboxylic acids is 1. The molecule has 1 aromatic rings. The number of benzene rings is 1. The average molecular weight is 330 g/mol. The second-order valence-corrected chi connectivity index (χ2v) is 5.29. The van der Waals surface area contributed by atoms with Crippen molar-refractivity contribution in [3.63, 3.8) is 0 Å². The first-order valence-electron chi connectivity index (χ1n) is 6.79. The lowest BCUT2D eigenvalue weighted by molar-refractivity contribution is -0.384. The molecule has 0 heterocycles. The molecule has 1 saturated carbocycles. The van der Waals surface area contributed by atoms with Crippen LogP contribution in [0.5, 0.6) is 0 Å². The van der Waals surface area contributed by atoms with E-state index in [0.717, 1.165) is 18.3 Å². The van der Waals surface area contributed by atoms with Crippen molar-refractivity contribution in [1.82, 2.24) is 0 Å². The molecule has 0 spiro atoms. The second-order valence-electron chi connectivity index (χ2n) is 5.29. The van der Waals surface area contributed by atoms with Crippen molar-refractivity contribution in [2.45, 2.75) is 31.9 Å². The van der Waals surface area contributed by atoms with Crippen molar-refractivity contribution < 1.29 is 27.7 Å². The Morgan fingerprint density at radius 2 is 1.96 bits per heavy atom. The Morgan fingerprint density at radius 3 is 2.43 bits per heavy atom. The number of alkyl halides is 3. The number of rotatable bonds is 6. The summed E-state index contributed by atoms with van der Waals surface area (Å²) in [7, 11) is 0. The Bertz CT molecular complexity index is 622. The smallest absolute Gasteiger partial charge is 0.313 e. The number of halogens is 3. The van der Waals surface area contributed by atoms with E-state index in [-0.39, 0.29) is 36.9 Å². The van der Waals surface area contributed by atoms with Crippen LogP contribution in [0.4, 0.5) is 18.9 Å². The maximum atomic E-state index is 12.7. The number of carbonyl (C=O) groups is 1. The molecule has 0 bridgehead atoms. The van der Waals surface area contributed by atoms with Crippen molar-refractivity contribution in [3.05, 3.63) is 39.9 Å². The first kappa shape index (κ1) is 16.9. The molecule has 0 atom stereocenters. The van der Waals surface area contributed by atoms with Crippen LogP contribution in [-0.2, 0) is 4.84 Å². The first-order valence-corrected chi connectivity index (χ1v) is 6.79. The monoisotopic (exact) mass is 330 g/mol. The third-order valence-corrected chi connectivity index (χ3v) is 3.73. The SMILES string of the molecule is O=C(O/N=C/CCC1(C(F)(F)F)CC1)c1ccc([N+](=O)[O-])cc1. The van der Waals surface area contributed by atoms with Gasteiger partial charge in [0.1, 0.15) is 0 Å². The zero-order valence-electron chi connectivity index (χ0n) is 11.9. The summed E-state index contributed by atoms with van der Waals surface area (Å²) in [5.74, 6) is -0.840. The number of nitro groups is 1. The summed E-state index contributed by atoms with van der Waals surface area (Å²) >= 11 is 0. The molecule has 0 aliphatic heterocycles. The van der Waals surface area contributed by atoms with Gasteiger partial charge in [-0.2, -0.15) is 13.2 Å².